The van der Waals surface area contributed by atoms with Gasteiger partial charge in [-0.05, 0) is 36.4 Å². The predicted molar refractivity (Wildman–Crippen MR) is 159 cm³/mol. The summed E-state index contributed by atoms with van der Waals surface area (Å²) in [7, 11) is 0. The van der Waals surface area contributed by atoms with Gasteiger partial charge in [-0.2, -0.15) is 5.26 Å². The van der Waals surface area contributed by atoms with Gasteiger partial charge in [0, 0.05) is 45.1 Å². The van der Waals surface area contributed by atoms with Crippen LogP contribution in [0.3, 0.4) is 0 Å². The van der Waals surface area contributed by atoms with Crippen molar-refractivity contribution >= 4 is 60.5 Å². The van der Waals surface area contributed by atoms with Crippen LogP contribution in [-0.2, 0) is 6.42 Å². The molecular formula is C33H16N8. The maximum Gasteiger partial charge on any atom is 0.307 e. The lowest BCUT2D eigenvalue weighted by Gasteiger charge is -2.11. The van der Waals surface area contributed by atoms with Crippen LogP contribution in [0.2, 0.25) is 0 Å². The first-order chi connectivity index (χ1) is 20.2. The minimum Gasteiger partial charge on any atom is -0.358 e. The highest BCUT2D eigenvalue weighted by Gasteiger charge is 2.22. The van der Waals surface area contributed by atoms with Gasteiger partial charge >= 0.3 is 5.82 Å². The standard InChI is InChI=1S/C33H16N8/c1-35-33-26(15-34)40-31-22-8-10-24-20-6-2-4-16-12-18(36-27(16)20)14-19-13-17-5-3-7-21(28(17)37-19)25-11-9-23(32(31)41-33)30(39-25)29(22)38-24/h2-13,36-37H,14H2. The number of nitrogens with one attached hydrogen (secondary N) is 2. The molecule has 0 unspecified atom stereocenters. The molecule has 0 aliphatic carbocycles. The van der Waals surface area contributed by atoms with Crippen LogP contribution in [0.5, 0.6) is 0 Å². The molecule has 0 spiro atoms. The van der Waals surface area contributed by atoms with Crippen LogP contribution in [0.15, 0.2) is 72.8 Å². The number of benzene rings is 3. The van der Waals surface area contributed by atoms with Crippen molar-refractivity contribution in [3.8, 4) is 28.6 Å². The van der Waals surface area contributed by atoms with E-state index in [2.05, 4.69) is 61.2 Å². The van der Waals surface area contributed by atoms with Gasteiger partial charge in [-0.3, -0.25) is 0 Å². The van der Waals surface area contributed by atoms with E-state index in [4.69, 9.17) is 16.5 Å². The number of aromatic amines is 2. The third kappa shape index (κ3) is 2.96. The van der Waals surface area contributed by atoms with Crippen LogP contribution < -0.4 is 0 Å². The van der Waals surface area contributed by atoms with Crippen molar-refractivity contribution in [2.75, 3.05) is 0 Å². The first kappa shape index (κ1) is 21.8. The quantitative estimate of drug-likeness (QED) is 0.159. The van der Waals surface area contributed by atoms with E-state index >= 15 is 0 Å². The number of aromatic nitrogens is 6. The van der Waals surface area contributed by atoms with Crippen LogP contribution in [0.1, 0.15) is 17.1 Å². The van der Waals surface area contributed by atoms with Crippen molar-refractivity contribution in [3.63, 3.8) is 0 Å². The second-order valence-electron chi connectivity index (χ2n) is 10.3. The molecule has 1 aliphatic rings. The molecule has 3 aromatic carbocycles. The Morgan fingerprint density at radius 1 is 0.683 bits per heavy atom. The van der Waals surface area contributed by atoms with Gasteiger partial charge in [0.15, 0.2) is 11.2 Å². The van der Waals surface area contributed by atoms with Crippen molar-refractivity contribution in [1.29, 1.82) is 5.26 Å². The van der Waals surface area contributed by atoms with E-state index in [0.717, 1.165) is 72.9 Å². The zero-order valence-electron chi connectivity index (χ0n) is 21.3. The summed E-state index contributed by atoms with van der Waals surface area (Å²) in [5.41, 5.74) is 10.2. The van der Waals surface area contributed by atoms with Crippen LogP contribution in [0, 0.1) is 17.9 Å². The van der Waals surface area contributed by atoms with Gasteiger partial charge in [0.25, 0.3) is 0 Å². The molecule has 0 amide bonds. The van der Waals surface area contributed by atoms with E-state index in [1.54, 1.807) is 0 Å². The number of hydrogen-bond acceptors (Lipinski definition) is 5. The van der Waals surface area contributed by atoms with Crippen LogP contribution in [0.4, 0.5) is 5.82 Å². The van der Waals surface area contributed by atoms with Crippen molar-refractivity contribution in [2.45, 2.75) is 6.42 Å². The molecule has 1 aliphatic heterocycles. The smallest absolute Gasteiger partial charge is 0.307 e. The largest absolute Gasteiger partial charge is 0.358 e. The van der Waals surface area contributed by atoms with E-state index in [1.165, 1.54) is 0 Å². The Bertz CT molecular complexity index is 2360. The lowest BCUT2D eigenvalue weighted by molar-refractivity contribution is 1.07. The zero-order chi connectivity index (χ0) is 27.2. The monoisotopic (exact) mass is 524 g/mol. The summed E-state index contributed by atoms with van der Waals surface area (Å²) < 4.78 is 0. The van der Waals surface area contributed by atoms with Crippen molar-refractivity contribution in [3.05, 3.63) is 101 Å². The van der Waals surface area contributed by atoms with E-state index < -0.39 is 0 Å². The highest BCUT2D eigenvalue weighted by Crippen LogP contribution is 2.38. The summed E-state index contributed by atoms with van der Waals surface area (Å²) in [5.74, 6) is -0.0226. The first-order valence-corrected chi connectivity index (χ1v) is 13.1. The second-order valence-corrected chi connectivity index (χ2v) is 10.3. The third-order valence-corrected chi connectivity index (χ3v) is 7.97. The highest BCUT2D eigenvalue weighted by atomic mass is 14.9. The number of pyridine rings is 2. The molecule has 6 heterocycles. The van der Waals surface area contributed by atoms with Gasteiger partial charge in [0.1, 0.15) is 17.1 Å². The molecular weight excluding hydrogens is 508 g/mol. The van der Waals surface area contributed by atoms with E-state index in [0.29, 0.717) is 22.1 Å². The molecule has 8 nitrogen and oxygen atoms in total. The van der Waals surface area contributed by atoms with Crippen LogP contribution in [-0.4, -0.2) is 29.9 Å². The number of rotatable bonds is 0. The molecule has 8 bridgehead atoms. The van der Waals surface area contributed by atoms with Crippen molar-refractivity contribution < 1.29 is 0 Å². The van der Waals surface area contributed by atoms with Gasteiger partial charge in [0.2, 0.25) is 0 Å². The average Bonchev–Trinajstić information content (AvgIpc) is 3.62. The normalized spacial score (nSPS) is 12.2. The van der Waals surface area contributed by atoms with E-state index in [1.807, 2.05) is 42.5 Å². The minimum atomic E-state index is -0.0226. The number of fused-ring (bicyclic) bond motifs is 9. The summed E-state index contributed by atoms with van der Waals surface area (Å²) in [6.45, 7) is 7.58. The molecule has 0 saturated carbocycles. The fourth-order valence-corrected chi connectivity index (χ4v) is 6.17. The Kier molecular flexibility index (Phi) is 4.10. The van der Waals surface area contributed by atoms with E-state index in [9.17, 15) is 5.26 Å². The average molecular weight is 525 g/mol. The molecule has 9 rings (SSSR count). The van der Waals surface area contributed by atoms with Crippen LogP contribution in [0.25, 0.3) is 82.0 Å². The molecule has 0 atom stereocenters. The Labute approximate surface area is 231 Å². The Morgan fingerprint density at radius 2 is 1.22 bits per heavy atom. The summed E-state index contributed by atoms with van der Waals surface area (Å²) >= 11 is 0. The third-order valence-electron chi connectivity index (χ3n) is 7.97. The lowest BCUT2D eigenvalue weighted by Crippen LogP contribution is -1.97. The number of para-hydroxylation sites is 2. The maximum absolute atomic E-state index is 9.69. The summed E-state index contributed by atoms with van der Waals surface area (Å²) in [6.07, 6.45) is 0.731. The Morgan fingerprint density at radius 3 is 1.76 bits per heavy atom. The Hall–Kier alpha value is -6.12. The second kappa shape index (κ2) is 7.72. The highest BCUT2D eigenvalue weighted by molar-refractivity contribution is 6.21. The molecule has 5 aromatic heterocycles. The number of nitriles is 1. The van der Waals surface area contributed by atoms with Gasteiger partial charge in [-0.25, -0.2) is 15.0 Å². The number of hydrogen-bond donors (Lipinski definition) is 2. The number of nitrogens with zero attached hydrogens (tertiary/aromatic N) is 6. The zero-order valence-corrected chi connectivity index (χ0v) is 21.3. The molecule has 0 saturated heterocycles. The first-order valence-electron chi connectivity index (χ1n) is 13.1. The molecule has 0 radical (unpaired) electrons. The van der Waals surface area contributed by atoms with Gasteiger partial charge in [-0.15, -0.1) is 4.98 Å². The number of H-pyrrole nitrogens is 2. The van der Waals surface area contributed by atoms with Crippen molar-refractivity contribution in [2.24, 2.45) is 0 Å². The SMILES string of the molecule is [C-]#[N+]c1nc2c3ccc4nc3c3nc(ccc3c2nc1C#N)-c1cccc2cc([nH]c12)Cc1cc2cccc-4c2[nH]1. The lowest BCUT2D eigenvalue weighted by atomic mass is 10.0. The summed E-state index contributed by atoms with van der Waals surface area (Å²) in [6, 6.07) is 26.8. The minimum absolute atomic E-state index is 0.00175. The fraction of sp³-hybridized carbons (Fsp3) is 0.0303. The van der Waals surface area contributed by atoms with Crippen LogP contribution >= 0.6 is 0 Å². The van der Waals surface area contributed by atoms with Gasteiger partial charge in [0.05, 0.1) is 33.3 Å². The topological polar surface area (TPSA) is 111 Å². The summed E-state index contributed by atoms with van der Waals surface area (Å²) in [4.78, 5) is 30.4. The predicted octanol–water partition coefficient (Wildman–Crippen LogP) is 7.35. The van der Waals surface area contributed by atoms with E-state index in [-0.39, 0.29) is 11.5 Å². The fourth-order valence-electron chi connectivity index (χ4n) is 6.17. The molecule has 41 heavy (non-hydrogen) atoms. The maximum atomic E-state index is 9.69. The molecule has 2 N–H and O–H groups in total. The summed E-state index contributed by atoms with van der Waals surface area (Å²) in [5, 5.41) is 13.4. The molecule has 188 valence electrons. The molecule has 8 heteroatoms. The Balaban J connectivity index is 1.50. The van der Waals surface area contributed by atoms with Crippen molar-refractivity contribution in [1.82, 2.24) is 29.9 Å². The molecule has 8 aromatic rings. The van der Waals surface area contributed by atoms with Gasteiger partial charge in [-0.1, -0.05) is 43.0 Å². The van der Waals surface area contributed by atoms with Gasteiger partial charge < -0.3 is 14.8 Å². The molecule has 0 fully saturated rings.